The minimum absolute atomic E-state index is 0.132. The molecule has 1 aromatic carbocycles. The minimum Gasteiger partial charge on any atom is -0.399 e. The number of nitrogens with two attached hydrogens (primary N) is 1. The van der Waals surface area contributed by atoms with Crippen LogP contribution in [0.25, 0.3) is 0 Å². The standard InChI is InChI=1S/C13H18N2O/c1-9-5-6-15(8-9)13(16)11-3-4-12(14)10(2)7-11/h3-4,7,9H,5-6,8,14H2,1-2H3. The van der Waals surface area contributed by atoms with Gasteiger partial charge in [0.05, 0.1) is 0 Å². The van der Waals surface area contributed by atoms with Crippen molar-refractivity contribution < 1.29 is 4.79 Å². The second kappa shape index (κ2) is 4.16. The molecule has 0 aromatic heterocycles. The summed E-state index contributed by atoms with van der Waals surface area (Å²) in [5.74, 6) is 0.756. The van der Waals surface area contributed by atoms with Crippen molar-refractivity contribution in [2.24, 2.45) is 5.92 Å². The first-order valence-corrected chi connectivity index (χ1v) is 5.73. The van der Waals surface area contributed by atoms with Gasteiger partial charge in [0.2, 0.25) is 0 Å². The molecule has 1 amide bonds. The third kappa shape index (κ3) is 2.03. The van der Waals surface area contributed by atoms with E-state index in [9.17, 15) is 4.79 Å². The van der Waals surface area contributed by atoms with Crippen LogP contribution in [0, 0.1) is 12.8 Å². The second-order valence-electron chi connectivity index (χ2n) is 4.72. The number of aryl methyl sites for hydroxylation is 1. The zero-order valence-corrected chi connectivity index (χ0v) is 9.86. The number of amides is 1. The molecule has 1 atom stereocenters. The highest BCUT2D eigenvalue weighted by Crippen LogP contribution is 2.19. The number of nitrogen functional groups attached to an aromatic ring is 1. The van der Waals surface area contributed by atoms with Crippen LogP contribution in [-0.4, -0.2) is 23.9 Å². The van der Waals surface area contributed by atoms with Gasteiger partial charge in [-0.05, 0) is 43.0 Å². The summed E-state index contributed by atoms with van der Waals surface area (Å²) in [4.78, 5) is 14.1. The summed E-state index contributed by atoms with van der Waals surface area (Å²) in [6.45, 7) is 5.87. The number of rotatable bonds is 1. The number of carbonyl (C=O) groups is 1. The predicted molar refractivity (Wildman–Crippen MR) is 65.3 cm³/mol. The van der Waals surface area contributed by atoms with Crippen LogP contribution in [0.2, 0.25) is 0 Å². The molecule has 1 fully saturated rings. The van der Waals surface area contributed by atoms with Gasteiger partial charge in [0.25, 0.3) is 5.91 Å². The molecule has 1 unspecified atom stereocenters. The van der Waals surface area contributed by atoms with Crippen molar-refractivity contribution >= 4 is 11.6 Å². The van der Waals surface area contributed by atoms with Gasteiger partial charge in [-0.15, -0.1) is 0 Å². The molecule has 2 N–H and O–H groups in total. The molecular weight excluding hydrogens is 200 g/mol. The summed E-state index contributed by atoms with van der Waals surface area (Å²) in [7, 11) is 0. The highest BCUT2D eigenvalue weighted by atomic mass is 16.2. The van der Waals surface area contributed by atoms with Gasteiger partial charge in [0.15, 0.2) is 0 Å². The lowest BCUT2D eigenvalue weighted by Crippen LogP contribution is -2.28. The van der Waals surface area contributed by atoms with E-state index in [2.05, 4.69) is 6.92 Å². The van der Waals surface area contributed by atoms with Crippen molar-refractivity contribution in [3.8, 4) is 0 Å². The Labute approximate surface area is 96.2 Å². The number of anilines is 1. The normalized spacial score (nSPS) is 20.1. The fraction of sp³-hybridized carbons (Fsp3) is 0.462. The van der Waals surface area contributed by atoms with Gasteiger partial charge < -0.3 is 10.6 Å². The molecule has 1 aliphatic rings. The molecular formula is C13H18N2O. The summed E-state index contributed by atoms with van der Waals surface area (Å²) < 4.78 is 0. The number of nitrogens with zero attached hydrogens (tertiary/aromatic N) is 1. The van der Waals surface area contributed by atoms with E-state index in [0.29, 0.717) is 5.92 Å². The Balaban J connectivity index is 2.18. The monoisotopic (exact) mass is 218 g/mol. The first-order valence-electron chi connectivity index (χ1n) is 5.73. The molecule has 3 nitrogen and oxygen atoms in total. The molecule has 1 aromatic rings. The Morgan fingerprint density at radius 3 is 2.81 bits per heavy atom. The van der Waals surface area contributed by atoms with Crippen molar-refractivity contribution in [2.45, 2.75) is 20.3 Å². The van der Waals surface area contributed by atoms with Crippen LogP contribution < -0.4 is 5.73 Å². The van der Waals surface area contributed by atoms with Crippen molar-refractivity contribution in [1.82, 2.24) is 4.90 Å². The summed E-state index contributed by atoms with van der Waals surface area (Å²) in [5, 5.41) is 0. The summed E-state index contributed by atoms with van der Waals surface area (Å²) in [6.07, 6.45) is 1.11. The minimum atomic E-state index is 0.132. The molecule has 2 rings (SSSR count). The highest BCUT2D eigenvalue weighted by molar-refractivity contribution is 5.95. The molecule has 86 valence electrons. The quantitative estimate of drug-likeness (QED) is 0.733. The van der Waals surface area contributed by atoms with Crippen molar-refractivity contribution in [3.05, 3.63) is 29.3 Å². The van der Waals surface area contributed by atoms with Crippen molar-refractivity contribution in [3.63, 3.8) is 0 Å². The number of benzene rings is 1. The van der Waals surface area contributed by atoms with Crippen LogP contribution in [0.3, 0.4) is 0 Å². The van der Waals surface area contributed by atoms with E-state index in [4.69, 9.17) is 5.73 Å². The molecule has 0 spiro atoms. The van der Waals surface area contributed by atoms with Crippen LogP contribution in [0.5, 0.6) is 0 Å². The highest BCUT2D eigenvalue weighted by Gasteiger charge is 2.24. The number of likely N-dealkylation sites (tertiary alicyclic amines) is 1. The lowest BCUT2D eigenvalue weighted by molar-refractivity contribution is 0.0788. The summed E-state index contributed by atoms with van der Waals surface area (Å²) in [6, 6.07) is 5.50. The lowest BCUT2D eigenvalue weighted by Gasteiger charge is -2.16. The fourth-order valence-electron chi connectivity index (χ4n) is 2.11. The van der Waals surface area contributed by atoms with E-state index in [1.54, 1.807) is 0 Å². The Morgan fingerprint density at radius 2 is 2.25 bits per heavy atom. The molecule has 0 bridgehead atoms. The van der Waals surface area contributed by atoms with E-state index in [1.165, 1.54) is 0 Å². The summed E-state index contributed by atoms with van der Waals surface area (Å²) in [5.41, 5.74) is 8.20. The van der Waals surface area contributed by atoms with Crippen molar-refractivity contribution in [1.29, 1.82) is 0 Å². The maximum absolute atomic E-state index is 12.1. The lowest BCUT2D eigenvalue weighted by atomic mass is 10.1. The van der Waals surface area contributed by atoms with Crippen LogP contribution >= 0.6 is 0 Å². The Morgan fingerprint density at radius 1 is 1.50 bits per heavy atom. The Kier molecular flexibility index (Phi) is 2.86. The first-order chi connectivity index (χ1) is 7.58. The molecule has 1 saturated heterocycles. The van der Waals surface area contributed by atoms with Crippen LogP contribution in [0.4, 0.5) is 5.69 Å². The number of hydrogen-bond donors (Lipinski definition) is 1. The third-order valence-corrected chi connectivity index (χ3v) is 3.23. The van der Waals surface area contributed by atoms with E-state index >= 15 is 0 Å². The van der Waals surface area contributed by atoms with Crippen LogP contribution in [0.1, 0.15) is 29.3 Å². The first kappa shape index (κ1) is 11.0. The average Bonchev–Trinajstić information content (AvgIpc) is 2.68. The van der Waals surface area contributed by atoms with Gasteiger partial charge in [-0.2, -0.15) is 0 Å². The molecule has 1 heterocycles. The smallest absolute Gasteiger partial charge is 0.253 e. The molecule has 0 radical (unpaired) electrons. The van der Waals surface area contributed by atoms with Crippen LogP contribution in [-0.2, 0) is 0 Å². The maximum Gasteiger partial charge on any atom is 0.253 e. The van der Waals surface area contributed by atoms with E-state index in [1.807, 2.05) is 30.0 Å². The average molecular weight is 218 g/mol. The zero-order valence-electron chi connectivity index (χ0n) is 9.86. The van der Waals surface area contributed by atoms with E-state index in [0.717, 1.165) is 36.3 Å². The van der Waals surface area contributed by atoms with Gasteiger partial charge in [-0.25, -0.2) is 0 Å². The Hall–Kier alpha value is -1.51. The van der Waals surface area contributed by atoms with E-state index in [-0.39, 0.29) is 5.91 Å². The Bertz CT molecular complexity index is 414. The van der Waals surface area contributed by atoms with Crippen molar-refractivity contribution in [2.75, 3.05) is 18.8 Å². The SMILES string of the molecule is Cc1cc(C(=O)N2CCC(C)C2)ccc1N. The van der Waals surface area contributed by atoms with Gasteiger partial charge in [0.1, 0.15) is 0 Å². The molecule has 0 saturated carbocycles. The fourth-order valence-corrected chi connectivity index (χ4v) is 2.11. The molecule has 16 heavy (non-hydrogen) atoms. The zero-order chi connectivity index (χ0) is 11.7. The maximum atomic E-state index is 12.1. The van der Waals surface area contributed by atoms with Gasteiger partial charge in [-0.3, -0.25) is 4.79 Å². The van der Waals surface area contributed by atoms with Gasteiger partial charge >= 0.3 is 0 Å². The molecule has 0 aliphatic carbocycles. The van der Waals surface area contributed by atoms with Gasteiger partial charge in [-0.1, -0.05) is 6.92 Å². The molecule has 1 aliphatic heterocycles. The topological polar surface area (TPSA) is 46.3 Å². The van der Waals surface area contributed by atoms with Gasteiger partial charge in [0, 0.05) is 24.3 Å². The second-order valence-corrected chi connectivity index (χ2v) is 4.72. The number of carbonyl (C=O) groups excluding carboxylic acids is 1. The largest absolute Gasteiger partial charge is 0.399 e. The predicted octanol–water partition coefficient (Wildman–Crippen LogP) is 2.06. The van der Waals surface area contributed by atoms with Crippen LogP contribution in [0.15, 0.2) is 18.2 Å². The molecule has 3 heteroatoms. The summed E-state index contributed by atoms with van der Waals surface area (Å²) >= 11 is 0. The van der Waals surface area contributed by atoms with E-state index < -0.39 is 0 Å². The third-order valence-electron chi connectivity index (χ3n) is 3.23. The number of hydrogen-bond acceptors (Lipinski definition) is 2.